The number of nitrogens with zero attached hydrogens (tertiary/aromatic N) is 2. The molecule has 1 unspecified atom stereocenters. The molecule has 0 saturated heterocycles. The van der Waals surface area contributed by atoms with Crippen LogP contribution in [0.3, 0.4) is 0 Å². The molecule has 0 saturated carbocycles. The van der Waals surface area contributed by atoms with Crippen molar-refractivity contribution in [1.82, 2.24) is 10.3 Å². The maximum absolute atomic E-state index is 5.30. The van der Waals surface area contributed by atoms with Crippen LogP contribution < -0.4 is 10.2 Å². The highest BCUT2D eigenvalue weighted by atomic mass is 16.5. The van der Waals surface area contributed by atoms with Crippen LogP contribution in [0.25, 0.3) is 0 Å². The van der Waals surface area contributed by atoms with Gasteiger partial charge in [0, 0.05) is 45.1 Å². The van der Waals surface area contributed by atoms with E-state index in [0.29, 0.717) is 19.3 Å². The van der Waals surface area contributed by atoms with E-state index in [1.165, 1.54) is 5.56 Å². The lowest BCUT2D eigenvalue weighted by Gasteiger charge is -2.31. The lowest BCUT2D eigenvalue weighted by molar-refractivity contribution is 0.170. The summed E-state index contributed by atoms with van der Waals surface area (Å²) < 4.78 is 10.5. The van der Waals surface area contributed by atoms with Crippen molar-refractivity contribution in [2.45, 2.75) is 39.4 Å². The van der Waals surface area contributed by atoms with E-state index < -0.39 is 0 Å². The third-order valence-corrected chi connectivity index (χ3v) is 3.32. The zero-order valence-electron chi connectivity index (χ0n) is 13.9. The summed E-state index contributed by atoms with van der Waals surface area (Å²) in [4.78, 5) is 6.84. The number of anilines is 1. The Morgan fingerprint density at radius 3 is 2.62 bits per heavy atom. The lowest BCUT2D eigenvalue weighted by Crippen LogP contribution is -2.40. The second-order valence-corrected chi connectivity index (χ2v) is 5.51. The molecule has 0 aliphatic rings. The Balaban J connectivity index is 2.93. The number of aromatic nitrogens is 1. The van der Waals surface area contributed by atoms with Crippen molar-refractivity contribution in [2.24, 2.45) is 0 Å². The van der Waals surface area contributed by atoms with Crippen LogP contribution in [0.5, 0.6) is 0 Å². The SMILES string of the molecule is COCCN(c1ncccc1CNC(C)C)C(C)COC. The van der Waals surface area contributed by atoms with Crippen LogP contribution >= 0.6 is 0 Å². The van der Waals surface area contributed by atoms with Crippen LogP contribution in [-0.2, 0) is 16.0 Å². The molecule has 120 valence electrons. The molecule has 0 radical (unpaired) electrons. The molecule has 21 heavy (non-hydrogen) atoms. The molecule has 0 bridgehead atoms. The molecule has 1 aromatic rings. The summed E-state index contributed by atoms with van der Waals surface area (Å²) in [6.45, 7) is 9.38. The molecule has 1 heterocycles. The van der Waals surface area contributed by atoms with Crippen LogP contribution in [0.15, 0.2) is 18.3 Å². The molecule has 5 nitrogen and oxygen atoms in total. The van der Waals surface area contributed by atoms with Gasteiger partial charge in [0.2, 0.25) is 0 Å². The minimum atomic E-state index is 0.248. The minimum Gasteiger partial charge on any atom is -0.383 e. The first-order chi connectivity index (χ1) is 10.1. The third-order valence-electron chi connectivity index (χ3n) is 3.32. The smallest absolute Gasteiger partial charge is 0.133 e. The first-order valence-corrected chi connectivity index (χ1v) is 7.52. The fourth-order valence-electron chi connectivity index (χ4n) is 2.20. The standard InChI is InChI=1S/C16H29N3O2/c1-13(2)18-11-15-7-6-8-17-16(15)19(9-10-20-4)14(3)12-21-5/h6-8,13-14,18H,9-12H2,1-5H3. The van der Waals surface area contributed by atoms with Gasteiger partial charge in [0.25, 0.3) is 0 Å². The maximum Gasteiger partial charge on any atom is 0.133 e. The zero-order valence-corrected chi connectivity index (χ0v) is 13.9. The fraction of sp³-hybridized carbons (Fsp3) is 0.688. The van der Waals surface area contributed by atoms with Gasteiger partial charge in [-0.05, 0) is 13.0 Å². The first-order valence-electron chi connectivity index (χ1n) is 7.52. The van der Waals surface area contributed by atoms with Gasteiger partial charge in [0.05, 0.1) is 19.3 Å². The summed E-state index contributed by atoms with van der Waals surface area (Å²) >= 11 is 0. The van der Waals surface area contributed by atoms with Gasteiger partial charge in [0.1, 0.15) is 5.82 Å². The summed E-state index contributed by atoms with van der Waals surface area (Å²) in [5.74, 6) is 1.01. The van der Waals surface area contributed by atoms with E-state index >= 15 is 0 Å². The lowest BCUT2D eigenvalue weighted by atomic mass is 10.2. The van der Waals surface area contributed by atoms with Gasteiger partial charge in [-0.1, -0.05) is 19.9 Å². The predicted octanol–water partition coefficient (Wildman–Crippen LogP) is 2.07. The van der Waals surface area contributed by atoms with Crippen molar-refractivity contribution in [3.8, 4) is 0 Å². The van der Waals surface area contributed by atoms with Gasteiger partial charge in [-0.25, -0.2) is 4.98 Å². The Morgan fingerprint density at radius 2 is 2.00 bits per heavy atom. The monoisotopic (exact) mass is 295 g/mol. The Bertz CT molecular complexity index is 399. The maximum atomic E-state index is 5.30. The number of rotatable bonds is 10. The molecule has 1 rings (SSSR count). The normalized spacial score (nSPS) is 12.7. The van der Waals surface area contributed by atoms with Crippen molar-refractivity contribution < 1.29 is 9.47 Å². The molecule has 1 atom stereocenters. The summed E-state index contributed by atoms with van der Waals surface area (Å²) in [7, 11) is 3.45. The van der Waals surface area contributed by atoms with Gasteiger partial charge in [-0.2, -0.15) is 0 Å². The number of pyridine rings is 1. The van der Waals surface area contributed by atoms with Crippen molar-refractivity contribution >= 4 is 5.82 Å². The second kappa shape index (κ2) is 9.71. The molecule has 1 aromatic heterocycles. The van der Waals surface area contributed by atoms with E-state index in [1.807, 2.05) is 12.3 Å². The van der Waals surface area contributed by atoms with E-state index in [1.54, 1.807) is 14.2 Å². The number of nitrogens with one attached hydrogen (secondary N) is 1. The molecule has 0 aliphatic carbocycles. The van der Waals surface area contributed by atoms with Crippen LogP contribution in [0, 0.1) is 0 Å². The van der Waals surface area contributed by atoms with Gasteiger partial charge >= 0.3 is 0 Å². The highest BCUT2D eigenvalue weighted by molar-refractivity contribution is 5.47. The molecule has 0 amide bonds. The summed E-state index contributed by atoms with van der Waals surface area (Å²) in [5.41, 5.74) is 1.20. The average Bonchev–Trinajstić information content (AvgIpc) is 2.46. The van der Waals surface area contributed by atoms with Crippen LogP contribution in [0.1, 0.15) is 26.3 Å². The topological polar surface area (TPSA) is 46.6 Å². The van der Waals surface area contributed by atoms with Gasteiger partial charge in [-0.15, -0.1) is 0 Å². The Morgan fingerprint density at radius 1 is 1.24 bits per heavy atom. The van der Waals surface area contributed by atoms with Gasteiger partial charge in [-0.3, -0.25) is 0 Å². The highest BCUT2D eigenvalue weighted by Crippen LogP contribution is 2.20. The van der Waals surface area contributed by atoms with E-state index in [9.17, 15) is 0 Å². The molecule has 0 aliphatic heterocycles. The van der Waals surface area contributed by atoms with Gasteiger partial charge in [0.15, 0.2) is 0 Å². The average molecular weight is 295 g/mol. The van der Waals surface area contributed by atoms with Crippen LogP contribution in [0.2, 0.25) is 0 Å². The quantitative estimate of drug-likeness (QED) is 0.716. The zero-order chi connectivity index (χ0) is 15.7. The van der Waals surface area contributed by atoms with Crippen molar-refractivity contribution in [3.05, 3.63) is 23.9 Å². The molecular weight excluding hydrogens is 266 g/mol. The minimum absolute atomic E-state index is 0.248. The molecule has 0 aromatic carbocycles. The van der Waals surface area contributed by atoms with Crippen molar-refractivity contribution in [1.29, 1.82) is 0 Å². The van der Waals surface area contributed by atoms with Gasteiger partial charge < -0.3 is 19.7 Å². The number of ether oxygens (including phenoxy) is 2. The van der Waals surface area contributed by atoms with Crippen LogP contribution in [0.4, 0.5) is 5.82 Å². The summed E-state index contributed by atoms with van der Waals surface area (Å²) in [5, 5.41) is 3.45. The molecule has 5 heteroatoms. The number of hydrogen-bond acceptors (Lipinski definition) is 5. The van der Waals surface area contributed by atoms with Crippen molar-refractivity contribution in [3.63, 3.8) is 0 Å². The number of hydrogen-bond donors (Lipinski definition) is 1. The Kier molecular flexibility index (Phi) is 8.27. The Hall–Kier alpha value is -1.17. The molecule has 1 N–H and O–H groups in total. The summed E-state index contributed by atoms with van der Waals surface area (Å²) in [6.07, 6.45) is 1.84. The highest BCUT2D eigenvalue weighted by Gasteiger charge is 2.18. The van der Waals surface area contributed by atoms with E-state index in [4.69, 9.17) is 9.47 Å². The number of methoxy groups -OCH3 is 2. The van der Waals surface area contributed by atoms with Crippen LogP contribution in [-0.4, -0.2) is 51.0 Å². The van der Waals surface area contributed by atoms with E-state index in [0.717, 1.165) is 18.9 Å². The predicted molar refractivity (Wildman–Crippen MR) is 86.8 cm³/mol. The Labute approximate surface area is 128 Å². The molecule has 0 fully saturated rings. The summed E-state index contributed by atoms with van der Waals surface area (Å²) in [6, 6.07) is 4.80. The third kappa shape index (κ3) is 5.99. The fourth-order valence-corrected chi connectivity index (χ4v) is 2.20. The van der Waals surface area contributed by atoms with E-state index in [2.05, 4.69) is 42.0 Å². The first kappa shape index (κ1) is 17.9. The van der Waals surface area contributed by atoms with E-state index in [-0.39, 0.29) is 6.04 Å². The molecular formula is C16H29N3O2. The molecule has 0 spiro atoms. The largest absolute Gasteiger partial charge is 0.383 e. The van der Waals surface area contributed by atoms with Crippen molar-refractivity contribution in [2.75, 3.05) is 38.9 Å². The second-order valence-electron chi connectivity index (χ2n) is 5.51.